The Balaban J connectivity index is 2.13. The van der Waals surface area contributed by atoms with Crippen LogP contribution in [0.4, 0.5) is 0 Å². The van der Waals surface area contributed by atoms with Crippen molar-refractivity contribution in [3.05, 3.63) is 0 Å². The van der Waals surface area contributed by atoms with Crippen LogP contribution in [0, 0.1) is 17.8 Å². The first-order valence-electron chi connectivity index (χ1n) is 7.01. The van der Waals surface area contributed by atoms with E-state index in [0.717, 1.165) is 18.9 Å². The molecule has 0 amide bonds. The monoisotopic (exact) mass is 239 g/mol. The molecule has 5 unspecified atom stereocenters. The molecule has 2 aliphatic rings. The number of carboxylic acid groups (broad SMARTS) is 1. The Hall–Kier alpha value is -0.570. The van der Waals surface area contributed by atoms with Crippen molar-refractivity contribution in [2.75, 3.05) is 6.54 Å². The van der Waals surface area contributed by atoms with E-state index in [2.05, 4.69) is 25.7 Å². The molecule has 1 saturated carbocycles. The van der Waals surface area contributed by atoms with Crippen molar-refractivity contribution in [3.63, 3.8) is 0 Å². The van der Waals surface area contributed by atoms with Crippen LogP contribution >= 0.6 is 0 Å². The Bertz CT molecular complexity index is 292. The highest BCUT2D eigenvalue weighted by Crippen LogP contribution is 2.37. The van der Waals surface area contributed by atoms with Gasteiger partial charge in [0.25, 0.3) is 0 Å². The molecule has 17 heavy (non-hydrogen) atoms. The maximum Gasteiger partial charge on any atom is 0.321 e. The number of likely N-dealkylation sites (tertiary alicyclic amines) is 1. The first kappa shape index (κ1) is 12.9. The quantitative estimate of drug-likeness (QED) is 0.805. The molecule has 3 nitrogen and oxygen atoms in total. The molecule has 0 radical (unpaired) electrons. The zero-order valence-corrected chi connectivity index (χ0v) is 11.2. The molecule has 0 aromatic carbocycles. The van der Waals surface area contributed by atoms with E-state index in [4.69, 9.17) is 0 Å². The number of nitrogens with zero attached hydrogens (tertiary/aromatic N) is 1. The van der Waals surface area contributed by atoms with Crippen molar-refractivity contribution >= 4 is 5.97 Å². The lowest BCUT2D eigenvalue weighted by Gasteiger charge is -2.41. The molecule has 2 rings (SSSR count). The first-order chi connectivity index (χ1) is 8.02. The highest BCUT2D eigenvalue weighted by Gasteiger charge is 2.43. The van der Waals surface area contributed by atoms with E-state index in [1.54, 1.807) is 0 Å². The summed E-state index contributed by atoms with van der Waals surface area (Å²) < 4.78 is 0. The summed E-state index contributed by atoms with van der Waals surface area (Å²) in [7, 11) is 0. The molecular weight excluding hydrogens is 214 g/mol. The SMILES string of the molecule is CC1CCCC(N2CCC(C)C2C(=O)O)C1C. The number of hydrogen-bond donors (Lipinski definition) is 1. The second kappa shape index (κ2) is 4.97. The zero-order valence-electron chi connectivity index (χ0n) is 11.2. The van der Waals surface area contributed by atoms with Gasteiger partial charge in [-0.15, -0.1) is 0 Å². The maximum atomic E-state index is 11.4. The lowest BCUT2D eigenvalue weighted by molar-refractivity contribution is -0.145. The van der Waals surface area contributed by atoms with E-state index in [1.807, 2.05) is 0 Å². The molecule has 1 aliphatic carbocycles. The lowest BCUT2D eigenvalue weighted by Crippen LogP contribution is -2.50. The van der Waals surface area contributed by atoms with E-state index in [-0.39, 0.29) is 6.04 Å². The fraction of sp³-hybridized carbons (Fsp3) is 0.929. The molecule has 2 fully saturated rings. The summed E-state index contributed by atoms with van der Waals surface area (Å²) in [5, 5.41) is 9.40. The lowest BCUT2D eigenvalue weighted by atomic mass is 9.77. The largest absolute Gasteiger partial charge is 0.480 e. The second-order valence-corrected chi connectivity index (χ2v) is 6.12. The predicted molar refractivity (Wildman–Crippen MR) is 67.9 cm³/mol. The zero-order chi connectivity index (χ0) is 12.6. The number of rotatable bonds is 2. The van der Waals surface area contributed by atoms with E-state index in [0.29, 0.717) is 17.9 Å². The van der Waals surface area contributed by atoms with Crippen molar-refractivity contribution in [1.82, 2.24) is 4.90 Å². The summed E-state index contributed by atoms with van der Waals surface area (Å²) in [5.74, 6) is 1.05. The van der Waals surface area contributed by atoms with Crippen LogP contribution in [0.1, 0.15) is 46.5 Å². The molecule has 0 aromatic rings. The van der Waals surface area contributed by atoms with Gasteiger partial charge in [-0.25, -0.2) is 0 Å². The third-order valence-electron chi connectivity index (χ3n) is 5.08. The number of carboxylic acids is 1. The van der Waals surface area contributed by atoms with Gasteiger partial charge in [0, 0.05) is 6.04 Å². The van der Waals surface area contributed by atoms with Crippen LogP contribution < -0.4 is 0 Å². The molecule has 1 aliphatic heterocycles. The van der Waals surface area contributed by atoms with Gasteiger partial charge in [0.1, 0.15) is 6.04 Å². The molecule has 1 heterocycles. The minimum atomic E-state index is -0.625. The number of carbonyl (C=O) groups is 1. The smallest absolute Gasteiger partial charge is 0.321 e. The van der Waals surface area contributed by atoms with Crippen LogP contribution in [0.5, 0.6) is 0 Å². The van der Waals surface area contributed by atoms with Crippen LogP contribution in [0.25, 0.3) is 0 Å². The summed E-state index contributed by atoms with van der Waals surface area (Å²) in [6.45, 7) is 7.66. The van der Waals surface area contributed by atoms with E-state index in [1.165, 1.54) is 19.3 Å². The fourth-order valence-electron chi connectivity index (χ4n) is 3.76. The molecule has 5 atom stereocenters. The third-order valence-corrected chi connectivity index (χ3v) is 5.08. The Labute approximate surface area is 104 Å². The van der Waals surface area contributed by atoms with E-state index >= 15 is 0 Å². The van der Waals surface area contributed by atoms with Crippen LogP contribution in [-0.2, 0) is 4.79 Å². The molecule has 0 aromatic heterocycles. The summed E-state index contributed by atoms with van der Waals surface area (Å²) in [5.41, 5.74) is 0. The van der Waals surface area contributed by atoms with Crippen molar-refractivity contribution in [2.45, 2.75) is 58.5 Å². The van der Waals surface area contributed by atoms with Gasteiger partial charge in [-0.1, -0.05) is 33.6 Å². The molecule has 3 heteroatoms. The minimum Gasteiger partial charge on any atom is -0.480 e. The molecular formula is C14H25NO2. The van der Waals surface area contributed by atoms with Crippen LogP contribution in [-0.4, -0.2) is 34.6 Å². The van der Waals surface area contributed by atoms with E-state index in [9.17, 15) is 9.90 Å². The molecule has 1 saturated heterocycles. The van der Waals surface area contributed by atoms with Gasteiger partial charge in [0.15, 0.2) is 0 Å². The number of aliphatic carboxylic acids is 1. The highest BCUT2D eigenvalue weighted by molar-refractivity contribution is 5.74. The summed E-state index contributed by atoms with van der Waals surface area (Å²) in [6, 6.07) is 0.248. The standard InChI is InChI=1S/C14H25NO2/c1-9-5-4-6-12(11(9)3)15-8-7-10(2)13(15)14(16)17/h9-13H,4-8H2,1-3H3,(H,16,17). The second-order valence-electron chi connectivity index (χ2n) is 6.12. The molecule has 0 spiro atoms. The van der Waals surface area contributed by atoms with E-state index < -0.39 is 5.97 Å². The normalized spacial score (nSPS) is 43.8. The maximum absolute atomic E-state index is 11.4. The highest BCUT2D eigenvalue weighted by atomic mass is 16.4. The Morgan fingerprint density at radius 3 is 2.47 bits per heavy atom. The van der Waals surface area contributed by atoms with Crippen LogP contribution in [0.15, 0.2) is 0 Å². The summed E-state index contributed by atoms with van der Waals surface area (Å²) in [6.07, 6.45) is 4.78. The average Bonchev–Trinajstić information content (AvgIpc) is 2.64. The fourth-order valence-corrected chi connectivity index (χ4v) is 3.76. The Morgan fingerprint density at radius 2 is 1.82 bits per heavy atom. The van der Waals surface area contributed by atoms with Gasteiger partial charge in [-0.3, -0.25) is 9.69 Å². The summed E-state index contributed by atoms with van der Waals surface area (Å²) >= 11 is 0. The molecule has 1 N–H and O–H groups in total. The van der Waals surface area contributed by atoms with Crippen LogP contribution in [0.2, 0.25) is 0 Å². The predicted octanol–water partition coefficient (Wildman–Crippen LogP) is 2.61. The topological polar surface area (TPSA) is 40.5 Å². The van der Waals surface area contributed by atoms with Crippen molar-refractivity contribution in [2.24, 2.45) is 17.8 Å². The van der Waals surface area contributed by atoms with Gasteiger partial charge < -0.3 is 5.11 Å². The van der Waals surface area contributed by atoms with Gasteiger partial charge in [0.05, 0.1) is 0 Å². The van der Waals surface area contributed by atoms with Gasteiger partial charge in [-0.2, -0.15) is 0 Å². The number of hydrogen-bond acceptors (Lipinski definition) is 2. The molecule has 0 bridgehead atoms. The Kier molecular flexibility index (Phi) is 3.76. The summed E-state index contributed by atoms with van der Waals surface area (Å²) in [4.78, 5) is 13.7. The van der Waals surface area contributed by atoms with Crippen LogP contribution in [0.3, 0.4) is 0 Å². The van der Waals surface area contributed by atoms with Crippen molar-refractivity contribution in [3.8, 4) is 0 Å². The Morgan fingerprint density at radius 1 is 1.12 bits per heavy atom. The van der Waals surface area contributed by atoms with Gasteiger partial charge in [0.2, 0.25) is 0 Å². The molecule has 98 valence electrons. The van der Waals surface area contributed by atoms with Gasteiger partial charge in [-0.05, 0) is 37.1 Å². The average molecular weight is 239 g/mol. The van der Waals surface area contributed by atoms with Crippen molar-refractivity contribution < 1.29 is 9.90 Å². The third kappa shape index (κ3) is 2.35. The first-order valence-corrected chi connectivity index (χ1v) is 7.01. The van der Waals surface area contributed by atoms with Gasteiger partial charge >= 0.3 is 5.97 Å². The minimum absolute atomic E-state index is 0.243. The van der Waals surface area contributed by atoms with Crippen molar-refractivity contribution in [1.29, 1.82) is 0 Å².